The summed E-state index contributed by atoms with van der Waals surface area (Å²) in [6.07, 6.45) is 9.26. The van der Waals surface area contributed by atoms with Crippen molar-refractivity contribution in [2.45, 2.75) is 63.7 Å². The lowest BCUT2D eigenvalue weighted by Gasteiger charge is -2.26. The molecular weight excluding hydrogens is 508 g/mol. The van der Waals surface area contributed by atoms with Crippen LogP contribution in [0.1, 0.15) is 37.4 Å². The predicted molar refractivity (Wildman–Crippen MR) is 138 cm³/mol. The Hall–Kier alpha value is -4.53. The van der Waals surface area contributed by atoms with Gasteiger partial charge in [0, 0.05) is 54.9 Å². The number of nitrogens with zero attached hydrogens (tertiary/aromatic N) is 3. The Morgan fingerprint density at radius 2 is 1.18 bits per heavy atom. The fourth-order valence-corrected chi connectivity index (χ4v) is 3.89. The van der Waals surface area contributed by atoms with Crippen molar-refractivity contribution in [3.63, 3.8) is 0 Å². The summed E-state index contributed by atoms with van der Waals surface area (Å²) in [5, 5.41) is 17.5. The number of aromatic nitrogens is 6. The molecule has 0 fully saturated rings. The highest BCUT2D eigenvalue weighted by atomic mass is 16.4. The van der Waals surface area contributed by atoms with Crippen LogP contribution >= 0.6 is 0 Å². The first-order valence-electron chi connectivity index (χ1n) is 12.4. The van der Waals surface area contributed by atoms with Gasteiger partial charge in [0.1, 0.15) is 18.1 Å². The molecule has 0 spiro atoms. The largest absolute Gasteiger partial charge is 0.480 e. The summed E-state index contributed by atoms with van der Waals surface area (Å²) in [5.74, 6) is -3.08. The highest BCUT2D eigenvalue weighted by Gasteiger charge is 2.31. The molecule has 3 amide bonds. The number of aliphatic carboxylic acids is 1. The average Bonchev–Trinajstić information content (AvgIpc) is 3.66. The van der Waals surface area contributed by atoms with Gasteiger partial charge in [-0.15, -0.1) is 0 Å². The standard InChI is InChI=1S/C24H34N10O5/c1-13(2)3-18(32-21(35)17(25)4-14-7-26-10-29-14)22(36)33-19(5-15-8-27-11-30-15)23(37)34-20(24(38)39)6-16-9-28-12-31-16/h7-13,17-20H,3-6,25H2,1-2H3,(H,26,29)(H,27,30)(H,28,31)(H,32,35)(H,33,36)(H,34,37)(H,38,39). The maximum Gasteiger partial charge on any atom is 0.326 e. The van der Waals surface area contributed by atoms with Gasteiger partial charge < -0.3 is 41.7 Å². The number of rotatable bonds is 15. The number of carboxylic acids is 1. The molecule has 0 bridgehead atoms. The molecule has 0 saturated carbocycles. The lowest BCUT2D eigenvalue weighted by molar-refractivity contribution is -0.142. The summed E-state index contributed by atoms with van der Waals surface area (Å²) in [6, 6.07) is -4.35. The summed E-state index contributed by atoms with van der Waals surface area (Å²) < 4.78 is 0. The summed E-state index contributed by atoms with van der Waals surface area (Å²) in [6.45, 7) is 3.78. The molecule has 0 aliphatic carbocycles. The highest BCUT2D eigenvalue weighted by molar-refractivity contribution is 5.94. The molecule has 0 saturated heterocycles. The minimum Gasteiger partial charge on any atom is -0.480 e. The van der Waals surface area contributed by atoms with Crippen LogP contribution in [0.4, 0.5) is 0 Å². The molecule has 4 atom stereocenters. The third-order valence-electron chi connectivity index (χ3n) is 5.88. The second-order valence-corrected chi connectivity index (χ2v) is 9.60. The molecule has 0 aliphatic heterocycles. The van der Waals surface area contributed by atoms with Crippen molar-refractivity contribution in [1.29, 1.82) is 0 Å². The lowest BCUT2D eigenvalue weighted by atomic mass is 10.0. The molecule has 210 valence electrons. The number of hydrogen-bond donors (Lipinski definition) is 8. The van der Waals surface area contributed by atoms with E-state index in [-0.39, 0.29) is 31.6 Å². The summed E-state index contributed by atoms with van der Waals surface area (Å²) in [5.41, 5.74) is 7.77. The van der Waals surface area contributed by atoms with Gasteiger partial charge in [0.05, 0.1) is 25.0 Å². The van der Waals surface area contributed by atoms with Gasteiger partial charge in [-0.3, -0.25) is 14.4 Å². The van der Waals surface area contributed by atoms with Gasteiger partial charge in [-0.25, -0.2) is 19.7 Å². The first-order valence-corrected chi connectivity index (χ1v) is 12.4. The Morgan fingerprint density at radius 3 is 1.64 bits per heavy atom. The van der Waals surface area contributed by atoms with E-state index >= 15 is 0 Å². The van der Waals surface area contributed by atoms with Crippen LogP contribution in [-0.2, 0) is 38.4 Å². The first-order chi connectivity index (χ1) is 18.6. The van der Waals surface area contributed by atoms with Crippen molar-refractivity contribution in [1.82, 2.24) is 45.9 Å². The number of hydrogen-bond acceptors (Lipinski definition) is 8. The van der Waals surface area contributed by atoms with E-state index in [1.54, 1.807) is 6.20 Å². The van der Waals surface area contributed by atoms with Crippen LogP contribution in [0.25, 0.3) is 0 Å². The minimum atomic E-state index is -1.27. The monoisotopic (exact) mass is 542 g/mol. The molecule has 3 rings (SSSR count). The fraction of sp³-hybridized carbons (Fsp3) is 0.458. The Kier molecular flexibility index (Phi) is 10.3. The van der Waals surface area contributed by atoms with Gasteiger partial charge in [0.15, 0.2) is 0 Å². The molecule has 0 radical (unpaired) electrons. The van der Waals surface area contributed by atoms with Gasteiger partial charge in [-0.05, 0) is 12.3 Å². The molecule has 39 heavy (non-hydrogen) atoms. The number of nitrogens with one attached hydrogen (secondary N) is 6. The minimum absolute atomic E-state index is 0.00958. The Bertz CT molecular complexity index is 1190. The number of carboxylic acid groups (broad SMARTS) is 1. The zero-order valence-electron chi connectivity index (χ0n) is 21.7. The predicted octanol–water partition coefficient (Wildman–Crippen LogP) is -1.20. The Labute approximate surface area is 224 Å². The number of amides is 3. The smallest absolute Gasteiger partial charge is 0.326 e. The number of nitrogens with two attached hydrogens (primary N) is 1. The highest BCUT2D eigenvalue weighted by Crippen LogP contribution is 2.09. The molecule has 15 nitrogen and oxygen atoms in total. The lowest BCUT2D eigenvalue weighted by Crippen LogP contribution is -2.58. The van der Waals surface area contributed by atoms with Crippen LogP contribution in [-0.4, -0.2) is 82.9 Å². The van der Waals surface area contributed by atoms with E-state index in [1.165, 1.54) is 31.4 Å². The van der Waals surface area contributed by atoms with E-state index in [4.69, 9.17) is 5.73 Å². The quantitative estimate of drug-likeness (QED) is 0.115. The van der Waals surface area contributed by atoms with E-state index < -0.39 is 47.9 Å². The zero-order chi connectivity index (χ0) is 28.4. The topological polar surface area (TPSA) is 237 Å². The summed E-state index contributed by atoms with van der Waals surface area (Å²) in [7, 11) is 0. The first kappa shape index (κ1) is 29.0. The number of carbonyl (C=O) groups is 4. The van der Waals surface area contributed by atoms with Crippen LogP contribution in [0, 0.1) is 5.92 Å². The van der Waals surface area contributed by atoms with Crippen molar-refractivity contribution in [3.05, 3.63) is 54.7 Å². The van der Waals surface area contributed by atoms with Crippen LogP contribution in [0.15, 0.2) is 37.6 Å². The van der Waals surface area contributed by atoms with Crippen LogP contribution in [0.3, 0.4) is 0 Å². The molecule has 4 unspecified atom stereocenters. The molecule has 0 aromatic carbocycles. The average molecular weight is 543 g/mol. The third kappa shape index (κ3) is 9.07. The van der Waals surface area contributed by atoms with Crippen molar-refractivity contribution >= 4 is 23.7 Å². The number of imidazole rings is 3. The number of aromatic amines is 3. The molecule has 15 heteroatoms. The van der Waals surface area contributed by atoms with Crippen molar-refractivity contribution in [2.75, 3.05) is 0 Å². The second kappa shape index (κ2) is 13.9. The van der Waals surface area contributed by atoms with E-state index in [0.29, 0.717) is 17.1 Å². The molecular formula is C24H34N10O5. The van der Waals surface area contributed by atoms with E-state index in [2.05, 4.69) is 45.9 Å². The molecule has 0 aliphatic rings. The number of carbonyl (C=O) groups excluding carboxylic acids is 3. The van der Waals surface area contributed by atoms with Crippen LogP contribution < -0.4 is 21.7 Å². The van der Waals surface area contributed by atoms with Crippen molar-refractivity contribution < 1.29 is 24.3 Å². The third-order valence-corrected chi connectivity index (χ3v) is 5.88. The van der Waals surface area contributed by atoms with Crippen LogP contribution in [0.5, 0.6) is 0 Å². The molecule has 3 heterocycles. The second-order valence-electron chi connectivity index (χ2n) is 9.60. The van der Waals surface area contributed by atoms with Gasteiger partial charge in [0.2, 0.25) is 17.7 Å². The van der Waals surface area contributed by atoms with Crippen molar-refractivity contribution in [3.8, 4) is 0 Å². The van der Waals surface area contributed by atoms with Crippen molar-refractivity contribution in [2.24, 2.45) is 11.7 Å². The fourth-order valence-electron chi connectivity index (χ4n) is 3.89. The normalized spacial score (nSPS) is 14.3. The Morgan fingerprint density at radius 1 is 0.744 bits per heavy atom. The van der Waals surface area contributed by atoms with Gasteiger partial charge in [-0.2, -0.15) is 0 Å². The van der Waals surface area contributed by atoms with E-state index in [9.17, 15) is 24.3 Å². The van der Waals surface area contributed by atoms with E-state index in [0.717, 1.165) is 0 Å². The van der Waals surface area contributed by atoms with Crippen LogP contribution in [0.2, 0.25) is 0 Å². The van der Waals surface area contributed by atoms with Gasteiger partial charge in [-0.1, -0.05) is 13.8 Å². The molecule has 3 aromatic heterocycles. The van der Waals surface area contributed by atoms with E-state index in [1.807, 2.05) is 13.8 Å². The SMILES string of the molecule is CC(C)CC(NC(=O)C(N)Cc1cnc[nH]1)C(=O)NC(Cc1cnc[nH]1)C(=O)NC(Cc1cnc[nH]1)C(=O)O. The summed E-state index contributed by atoms with van der Waals surface area (Å²) >= 11 is 0. The Balaban J connectivity index is 1.72. The molecule has 3 aromatic rings. The number of H-pyrrole nitrogens is 3. The maximum atomic E-state index is 13.4. The molecule has 9 N–H and O–H groups in total. The zero-order valence-corrected chi connectivity index (χ0v) is 21.7. The summed E-state index contributed by atoms with van der Waals surface area (Å²) in [4.78, 5) is 71.5. The maximum absolute atomic E-state index is 13.4. The van der Waals surface area contributed by atoms with Gasteiger partial charge in [0.25, 0.3) is 0 Å². The van der Waals surface area contributed by atoms with Gasteiger partial charge >= 0.3 is 5.97 Å².